The van der Waals surface area contributed by atoms with Crippen molar-refractivity contribution in [2.24, 2.45) is 0 Å². The third-order valence-electron chi connectivity index (χ3n) is 5.51. The van der Waals surface area contributed by atoms with E-state index in [9.17, 15) is 4.79 Å². The van der Waals surface area contributed by atoms with Gasteiger partial charge in [-0.25, -0.2) is 0 Å². The van der Waals surface area contributed by atoms with E-state index in [0.29, 0.717) is 5.91 Å². The summed E-state index contributed by atoms with van der Waals surface area (Å²) in [5.74, 6) is 0.368. The van der Waals surface area contributed by atoms with Gasteiger partial charge < -0.3 is 4.90 Å². The first-order valence-corrected chi connectivity index (χ1v) is 10.4. The molecular weight excluding hydrogens is 328 g/mol. The fraction of sp³-hybridized carbons (Fsp3) is 0.476. The molecule has 0 N–H and O–H groups in total. The van der Waals surface area contributed by atoms with Crippen LogP contribution in [0.3, 0.4) is 0 Å². The molecule has 3 nitrogen and oxygen atoms in total. The highest BCUT2D eigenvalue weighted by Crippen LogP contribution is 2.25. The lowest BCUT2D eigenvalue weighted by molar-refractivity contribution is -0.137. The van der Waals surface area contributed by atoms with Gasteiger partial charge in [0.1, 0.15) is 0 Å². The van der Waals surface area contributed by atoms with Crippen molar-refractivity contribution < 1.29 is 4.79 Å². The van der Waals surface area contributed by atoms with Crippen molar-refractivity contribution in [3.05, 3.63) is 46.7 Å². The Morgan fingerprint density at radius 2 is 1.72 bits per heavy atom. The quantitative estimate of drug-likeness (QED) is 0.813. The molecule has 1 atom stereocenters. The Kier molecular flexibility index (Phi) is 5.18. The first kappa shape index (κ1) is 16.8. The average Bonchev–Trinajstić information content (AvgIpc) is 3.36. The number of thiophene rings is 1. The van der Waals surface area contributed by atoms with Crippen molar-refractivity contribution in [3.63, 3.8) is 0 Å². The number of hydrogen-bond donors (Lipinski definition) is 0. The zero-order valence-electron chi connectivity index (χ0n) is 14.7. The van der Waals surface area contributed by atoms with E-state index in [1.165, 1.54) is 42.4 Å². The van der Waals surface area contributed by atoms with Gasteiger partial charge in [-0.15, -0.1) is 0 Å². The highest BCUT2D eigenvalue weighted by atomic mass is 32.1. The molecule has 2 aliphatic heterocycles. The molecule has 1 amide bonds. The molecule has 0 aliphatic carbocycles. The van der Waals surface area contributed by atoms with Crippen LogP contribution in [0.1, 0.15) is 37.7 Å². The molecule has 1 unspecified atom stereocenters. The summed E-state index contributed by atoms with van der Waals surface area (Å²) in [6.45, 7) is 3.84. The second-order valence-corrected chi connectivity index (χ2v) is 8.00. The maximum absolute atomic E-state index is 12.9. The van der Waals surface area contributed by atoms with E-state index in [1.54, 1.807) is 11.3 Å². The monoisotopic (exact) mass is 354 g/mol. The summed E-state index contributed by atoms with van der Waals surface area (Å²) in [5.41, 5.74) is 3.87. The minimum Gasteiger partial charge on any atom is -0.341 e. The van der Waals surface area contributed by atoms with Gasteiger partial charge >= 0.3 is 0 Å². The third kappa shape index (κ3) is 3.80. The number of hydrogen-bond acceptors (Lipinski definition) is 3. The minimum atomic E-state index is 0.0865. The van der Waals surface area contributed by atoms with Crippen molar-refractivity contribution in [2.45, 2.75) is 44.7 Å². The van der Waals surface area contributed by atoms with Crippen LogP contribution >= 0.6 is 11.3 Å². The Morgan fingerprint density at radius 3 is 2.44 bits per heavy atom. The maximum atomic E-state index is 12.9. The van der Waals surface area contributed by atoms with E-state index in [4.69, 9.17) is 0 Å². The predicted octanol–water partition coefficient (Wildman–Crippen LogP) is 4.39. The lowest BCUT2D eigenvalue weighted by atomic mass is 9.99. The van der Waals surface area contributed by atoms with Gasteiger partial charge in [-0.3, -0.25) is 9.69 Å². The molecule has 2 aromatic rings. The highest BCUT2D eigenvalue weighted by Gasteiger charge is 2.32. The van der Waals surface area contributed by atoms with Gasteiger partial charge in [-0.2, -0.15) is 11.3 Å². The van der Waals surface area contributed by atoms with Crippen LogP contribution in [0, 0.1) is 0 Å². The van der Waals surface area contributed by atoms with Crippen LogP contribution in [0.15, 0.2) is 41.1 Å². The first-order chi connectivity index (χ1) is 12.3. The van der Waals surface area contributed by atoms with E-state index in [1.807, 2.05) is 0 Å². The molecule has 1 aromatic carbocycles. The number of amides is 1. The van der Waals surface area contributed by atoms with Crippen molar-refractivity contribution in [1.29, 1.82) is 0 Å². The summed E-state index contributed by atoms with van der Waals surface area (Å²) in [4.78, 5) is 17.4. The molecule has 25 heavy (non-hydrogen) atoms. The normalized spacial score (nSPS) is 21.6. The summed E-state index contributed by atoms with van der Waals surface area (Å²) in [6, 6.07) is 11.1. The third-order valence-corrected chi connectivity index (χ3v) is 6.19. The Labute approximate surface area is 154 Å². The number of carbonyl (C=O) groups excluding carboxylic acids is 1. The molecule has 0 saturated carbocycles. The van der Waals surface area contributed by atoms with Crippen LogP contribution in [0.5, 0.6) is 0 Å². The first-order valence-electron chi connectivity index (χ1n) is 9.45. The smallest absolute Gasteiger partial charge is 0.239 e. The van der Waals surface area contributed by atoms with Crippen molar-refractivity contribution >= 4 is 17.2 Å². The van der Waals surface area contributed by atoms with Crippen molar-refractivity contribution in [1.82, 2.24) is 9.80 Å². The van der Waals surface area contributed by atoms with Gasteiger partial charge in [-0.05, 0) is 65.7 Å². The number of rotatable bonds is 4. The molecule has 3 heterocycles. The Morgan fingerprint density at radius 1 is 0.960 bits per heavy atom. The van der Waals surface area contributed by atoms with Crippen LogP contribution in [0.25, 0.3) is 11.1 Å². The van der Waals surface area contributed by atoms with E-state index < -0.39 is 0 Å². The Bertz CT molecular complexity index is 689. The lowest BCUT2D eigenvalue weighted by Crippen LogP contribution is -2.49. The van der Waals surface area contributed by atoms with Crippen LogP contribution in [-0.2, 0) is 11.3 Å². The van der Waals surface area contributed by atoms with Gasteiger partial charge in [0.25, 0.3) is 0 Å². The van der Waals surface area contributed by atoms with E-state index in [0.717, 1.165) is 32.6 Å². The molecule has 132 valence electrons. The van der Waals surface area contributed by atoms with Gasteiger partial charge in [-0.1, -0.05) is 30.7 Å². The van der Waals surface area contributed by atoms with Crippen LogP contribution in [0.2, 0.25) is 0 Å². The number of benzene rings is 1. The van der Waals surface area contributed by atoms with E-state index in [-0.39, 0.29) is 6.04 Å². The summed E-state index contributed by atoms with van der Waals surface area (Å²) >= 11 is 1.73. The molecule has 2 saturated heterocycles. The highest BCUT2D eigenvalue weighted by molar-refractivity contribution is 7.08. The van der Waals surface area contributed by atoms with Gasteiger partial charge in [0.15, 0.2) is 0 Å². The summed E-state index contributed by atoms with van der Waals surface area (Å²) < 4.78 is 0. The molecule has 2 fully saturated rings. The SMILES string of the molecule is O=C(C1CCCCN1Cc1ccc(-c2ccsc2)cc1)N1CCCC1. The van der Waals surface area contributed by atoms with E-state index in [2.05, 4.69) is 50.9 Å². The average molecular weight is 355 g/mol. The molecule has 4 rings (SSSR count). The van der Waals surface area contributed by atoms with E-state index >= 15 is 0 Å². The number of likely N-dealkylation sites (tertiary alicyclic amines) is 2. The van der Waals surface area contributed by atoms with Gasteiger partial charge in [0.05, 0.1) is 6.04 Å². The number of piperidine rings is 1. The maximum Gasteiger partial charge on any atom is 0.239 e. The number of carbonyl (C=O) groups is 1. The molecule has 0 radical (unpaired) electrons. The molecule has 2 aliphatic rings. The van der Waals surface area contributed by atoms with Crippen LogP contribution in [0.4, 0.5) is 0 Å². The zero-order chi connectivity index (χ0) is 17.1. The van der Waals surface area contributed by atoms with Gasteiger partial charge in [0, 0.05) is 19.6 Å². The zero-order valence-corrected chi connectivity index (χ0v) is 15.5. The molecule has 0 spiro atoms. The lowest BCUT2D eigenvalue weighted by Gasteiger charge is -2.36. The molecule has 0 bridgehead atoms. The largest absolute Gasteiger partial charge is 0.341 e. The number of nitrogens with zero attached hydrogens (tertiary/aromatic N) is 2. The fourth-order valence-corrected chi connectivity index (χ4v) is 4.74. The second kappa shape index (κ2) is 7.71. The van der Waals surface area contributed by atoms with Crippen molar-refractivity contribution in [2.75, 3.05) is 19.6 Å². The van der Waals surface area contributed by atoms with Crippen LogP contribution < -0.4 is 0 Å². The van der Waals surface area contributed by atoms with Crippen molar-refractivity contribution in [3.8, 4) is 11.1 Å². The predicted molar refractivity (Wildman–Crippen MR) is 104 cm³/mol. The Hall–Kier alpha value is -1.65. The Balaban J connectivity index is 1.45. The van der Waals surface area contributed by atoms with Gasteiger partial charge in [0.2, 0.25) is 5.91 Å². The standard InChI is InChI=1S/C21H26N2OS/c24-21(22-11-3-4-12-22)20-5-1-2-13-23(20)15-17-6-8-18(9-7-17)19-10-14-25-16-19/h6-10,14,16,20H,1-5,11-13,15H2. The minimum absolute atomic E-state index is 0.0865. The summed E-state index contributed by atoms with van der Waals surface area (Å²) in [6.07, 6.45) is 5.74. The second-order valence-electron chi connectivity index (χ2n) is 7.22. The molecule has 1 aromatic heterocycles. The summed E-state index contributed by atoms with van der Waals surface area (Å²) in [7, 11) is 0. The summed E-state index contributed by atoms with van der Waals surface area (Å²) in [5, 5.41) is 4.30. The fourth-order valence-electron chi connectivity index (χ4n) is 4.07. The molecule has 4 heteroatoms. The van der Waals surface area contributed by atoms with Crippen LogP contribution in [-0.4, -0.2) is 41.4 Å². The molecular formula is C21H26N2OS. The topological polar surface area (TPSA) is 23.6 Å².